The summed E-state index contributed by atoms with van der Waals surface area (Å²) in [4.78, 5) is 8.38. The lowest BCUT2D eigenvalue weighted by Gasteiger charge is -2.24. The topological polar surface area (TPSA) is 37.8 Å². The molecule has 12 heavy (non-hydrogen) atoms. The van der Waals surface area contributed by atoms with Crippen LogP contribution in [0.25, 0.3) is 0 Å². The predicted octanol–water partition coefficient (Wildman–Crippen LogP) is 0.611. The smallest absolute Gasteiger partial charge is 0.115 e. The van der Waals surface area contributed by atoms with Crippen LogP contribution in [0, 0.1) is 0 Å². The van der Waals surface area contributed by atoms with Gasteiger partial charge in [0.15, 0.2) is 0 Å². The maximum absolute atomic E-state index is 4.28. The lowest BCUT2D eigenvalue weighted by molar-refractivity contribution is 0.517. The highest BCUT2D eigenvalue weighted by Crippen LogP contribution is 2.49. The molecule has 3 nitrogen and oxygen atoms in total. The maximum Gasteiger partial charge on any atom is 0.115 e. The maximum atomic E-state index is 4.28. The Kier molecular flexibility index (Phi) is 1.11. The lowest BCUT2D eigenvalue weighted by atomic mass is 9.93. The molecule has 1 fully saturated rings. The zero-order valence-electron chi connectivity index (χ0n) is 6.88. The first kappa shape index (κ1) is 6.54. The van der Waals surface area contributed by atoms with Gasteiger partial charge in [-0.3, -0.25) is 0 Å². The summed E-state index contributed by atoms with van der Waals surface area (Å²) in [5.41, 5.74) is 3.02. The minimum Gasteiger partial charge on any atom is -0.310 e. The van der Waals surface area contributed by atoms with Gasteiger partial charge < -0.3 is 5.32 Å². The van der Waals surface area contributed by atoms with Crippen molar-refractivity contribution in [1.82, 2.24) is 15.3 Å². The fourth-order valence-corrected chi connectivity index (χ4v) is 2.05. The Morgan fingerprint density at radius 1 is 1.42 bits per heavy atom. The van der Waals surface area contributed by atoms with Gasteiger partial charge in [-0.05, 0) is 12.8 Å². The highest BCUT2D eigenvalue weighted by atomic mass is 15.0. The number of nitrogens with zero attached hydrogens (tertiary/aromatic N) is 2. The van der Waals surface area contributed by atoms with Crippen molar-refractivity contribution >= 4 is 0 Å². The first-order chi connectivity index (χ1) is 5.91. The average molecular weight is 161 g/mol. The molecular weight excluding hydrogens is 150 g/mol. The van der Waals surface area contributed by atoms with Crippen LogP contribution >= 0.6 is 0 Å². The fraction of sp³-hybridized carbons (Fsp3) is 0.556. The second-order valence-corrected chi connectivity index (χ2v) is 3.77. The third-order valence-electron chi connectivity index (χ3n) is 2.98. The SMILES string of the molecule is c1ncc2c(n1)CNCC21CC1. The van der Waals surface area contributed by atoms with E-state index in [9.17, 15) is 0 Å². The molecule has 1 spiro atoms. The zero-order chi connectivity index (χ0) is 8.02. The van der Waals surface area contributed by atoms with E-state index in [0.717, 1.165) is 13.1 Å². The minimum absolute atomic E-state index is 0.425. The minimum atomic E-state index is 0.425. The second kappa shape index (κ2) is 2.04. The van der Waals surface area contributed by atoms with Crippen molar-refractivity contribution < 1.29 is 0 Å². The molecule has 0 saturated heterocycles. The zero-order valence-corrected chi connectivity index (χ0v) is 6.88. The Hall–Kier alpha value is -0.960. The molecule has 0 atom stereocenters. The van der Waals surface area contributed by atoms with Gasteiger partial charge in [0.2, 0.25) is 0 Å². The fourth-order valence-electron chi connectivity index (χ4n) is 2.05. The van der Waals surface area contributed by atoms with Crippen molar-refractivity contribution in [2.75, 3.05) is 6.54 Å². The Morgan fingerprint density at radius 3 is 3.17 bits per heavy atom. The summed E-state index contributed by atoms with van der Waals surface area (Å²) >= 11 is 0. The van der Waals surface area contributed by atoms with E-state index in [1.807, 2.05) is 6.20 Å². The van der Waals surface area contributed by atoms with Crippen LogP contribution in [-0.2, 0) is 12.0 Å². The van der Waals surface area contributed by atoms with E-state index < -0.39 is 0 Å². The summed E-state index contributed by atoms with van der Waals surface area (Å²) in [6, 6.07) is 0. The van der Waals surface area contributed by atoms with Crippen molar-refractivity contribution in [3.8, 4) is 0 Å². The molecular formula is C9H11N3. The van der Waals surface area contributed by atoms with Crippen LogP contribution in [0.5, 0.6) is 0 Å². The van der Waals surface area contributed by atoms with Crippen LogP contribution in [0.4, 0.5) is 0 Å². The molecule has 2 heterocycles. The molecule has 1 aromatic rings. The van der Waals surface area contributed by atoms with Crippen LogP contribution in [0.1, 0.15) is 24.1 Å². The third kappa shape index (κ3) is 0.743. The van der Waals surface area contributed by atoms with Gasteiger partial charge in [-0.25, -0.2) is 9.97 Å². The lowest BCUT2D eigenvalue weighted by Crippen LogP contribution is -2.34. The molecule has 3 rings (SSSR count). The van der Waals surface area contributed by atoms with Crippen molar-refractivity contribution in [3.63, 3.8) is 0 Å². The van der Waals surface area contributed by atoms with Gasteiger partial charge >= 0.3 is 0 Å². The summed E-state index contributed by atoms with van der Waals surface area (Å²) in [7, 11) is 0. The first-order valence-electron chi connectivity index (χ1n) is 4.41. The van der Waals surface area contributed by atoms with E-state index in [2.05, 4.69) is 15.3 Å². The van der Waals surface area contributed by atoms with Gasteiger partial charge in [-0.1, -0.05) is 0 Å². The Morgan fingerprint density at radius 2 is 2.33 bits per heavy atom. The molecule has 62 valence electrons. The van der Waals surface area contributed by atoms with Crippen molar-refractivity contribution in [3.05, 3.63) is 23.8 Å². The number of aromatic nitrogens is 2. The van der Waals surface area contributed by atoms with E-state index in [4.69, 9.17) is 0 Å². The second-order valence-electron chi connectivity index (χ2n) is 3.77. The molecule has 3 heteroatoms. The molecule has 0 radical (unpaired) electrons. The summed E-state index contributed by atoms with van der Waals surface area (Å²) in [6.07, 6.45) is 6.25. The largest absolute Gasteiger partial charge is 0.310 e. The van der Waals surface area contributed by atoms with Gasteiger partial charge in [0.05, 0.1) is 5.69 Å². The number of fused-ring (bicyclic) bond motifs is 2. The highest BCUT2D eigenvalue weighted by molar-refractivity contribution is 5.35. The van der Waals surface area contributed by atoms with Crippen molar-refractivity contribution in [2.24, 2.45) is 0 Å². The van der Waals surface area contributed by atoms with Crippen LogP contribution in [0.3, 0.4) is 0 Å². The van der Waals surface area contributed by atoms with Crippen LogP contribution in [0.2, 0.25) is 0 Å². The normalized spacial score (nSPS) is 23.7. The van der Waals surface area contributed by atoms with E-state index in [1.54, 1.807) is 6.33 Å². The van der Waals surface area contributed by atoms with E-state index in [-0.39, 0.29) is 0 Å². The first-order valence-corrected chi connectivity index (χ1v) is 4.41. The molecule has 1 saturated carbocycles. The molecule has 0 aromatic carbocycles. The van der Waals surface area contributed by atoms with Crippen molar-refractivity contribution in [2.45, 2.75) is 24.8 Å². The molecule has 1 aliphatic carbocycles. The quantitative estimate of drug-likeness (QED) is 0.606. The van der Waals surface area contributed by atoms with Gasteiger partial charge in [-0.2, -0.15) is 0 Å². The number of nitrogens with one attached hydrogen (secondary N) is 1. The predicted molar refractivity (Wildman–Crippen MR) is 44.7 cm³/mol. The Bertz CT molecular complexity index is 317. The summed E-state index contributed by atoms with van der Waals surface area (Å²) in [5.74, 6) is 0. The van der Waals surface area contributed by atoms with Gasteiger partial charge in [0, 0.05) is 30.3 Å². The molecule has 1 aliphatic heterocycles. The molecule has 1 aromatic heterocycles. The van der Waals surface area contributed by atoms with E-state index >= 15 is 0 Å². The summed E-state index contributed by atoms with van der Waals surface area (Å²) in [6.45, 7) is 2.03. The summed E-state index contributed by atoms with van der Waals surface area (Å²) < 4.78 is 0. The highest BCUT2D eigenvalue weighted by Gasteiger charge is 2.47. The monoisotopic (exact) mass is 161 g/mol. The Labute approximate surface area is 71.2 Å². The van der Waals surface area contributed by atoms with Gasteiger partial charge in [0.25, 0.3) is 0 Å². The van der Waals surface area contributed by atoms with Crippen molar-refractivity contribution in [1.29, 1.82) is 0 Å². The Balaban J connectivity index is 2.16. The summed E-state index contributed by atoms with van der Waals surface area (Å²) in [5, 5.41) is 3.40. The third-order valence-corrected chi connectivity index (χ3v) is 2.98. The molecule has 1 N–H and O–H groups in total. The number of hydrogen-bond donors (Lipinski definition) is 1. The molecule has 2 aliphatic rings. The molecule has 0 amide bonds. The number of hydrogen-bond acceptors (Lipinski definition) is 3. The molecule has 0 unspecified atom stereocenters. The van der Waals surface area contributed by atoms with Crippen LogP contribution < -0.4 is 5.32 Å². The van der Waals surface area contributed by atoms with E-state index in [1.165, 1.54) is 24.1 Å². The van der Waals surface area contributed by atoms with Gasteiger partial charge in [0.1, 0.15) is 6.33 Å². The standard InChI is InChI=1S/C9H11N3/c1-2-9(1)5-10-4-8-7(9)3-11-6-12-8/h3,6,10H,1-2,4-5H2. The van der Waals surface area contributed by atoms with Crippen LogP contribution in [-0.4, -0.2) is 16.5 Å². The molecule has 0 bridgehead atoms. The number of rotatable bonds is 0. The van der Waals surface area contributed by atoms with Crippen LogP contribution in [0.15, 0.2) is 12.5 Å². The van der Waals surface area contributed by atoms with E-state index in [0.29, 0.717) is 5.41 Å². The average Bonchev–Trinajstić information content (AvgIpc) is 2.87. The van der Waals surface area contributed by atoms with Gasteiger partial charge in [-0.15, -0.1) is 0 Å².